The lowest BCUT2D eigenvalue weighted by atomic mass is 10.2. The van der Waals surface area contributed by atoms with Crippen molar-refractivity contribution >= 4 is 5.97 Å². The summed E-state index contributed by atoms with van der Waals surface area (Å²) in [5.41, 5.74) is -0.200. The fourth-order valence-electron chi connectivity index (χ4n) is 0.898. The summed E-state index contributed by atoms with van der Waals surface area (Å²) in [5, 5.41) is 26.0. The van der Waals surface area contributed by atoms with Gasteiger partial charge in [-0.15, -0.1) is 0 Å². The number of carboxylic acids is 1. The van der Waals surface area contributed by atoms with E-state index in [9.17, 15) is 9.90 Å². The lowest BCUT2D eigenvalue weighted by Gasteiger charge is -2.03. The van der Waals surface area contributed by atoms with Crippen LogP contribution in [-0.4, -0.2) is 22.8 Å². The van der Waals surface area contributed by atoms with Crippen LogP contribution in [0.3, 0.4) is 0 Å². The zero-order valence-electron chi connectivity index (χ0n) is 7.10. The molecule has 1 rings (SSSR count). The normalized spacial score (nSPS) is 9.07. The number of nitriles is 1. The molecule has 1 aromatic carbocycles. The summed E-state index contributed by atoms with van der Waals surface area (Å²) in [6.45, 7) is -0.147. The van der Waals surface area contributed by atoms with Crippen molar-refractivity contribution in [1.29, 1.82) is 5.26 Å². The molecule has 0 heterocycles. The third-order valence-electron chi connectivity index (χ3n) is 1.50. The molecular weight excluding hydrogens is 186 g/mol. The lowest BCUT2D eigenvalue weighted by molar-refractivity contribution is 0.0693. The Labute approximate surface area is 79.8 Å². The highest BCUT2D eigenvalue weighted by Gasteiger charge is 2.09. The van der Waals surface area contributed by atoms with Crippen LogP contribution in [0.25, 0.3) is 0 Å². The maximum atomic E-state index is 10.5. The van der Waals surface area contributed by atoms with Crippen molar-refractivity contribution in [2.75, 3.05) is 6.61 Å². The largest absolute Gasteiger partial charge is 0.507 e. The molecule has 72 valence electrons. The van der Waals surface area contributed by atoms with Crippen molar-refractivity contribution in [2.45, 2.75) is 0 Å². The summed E-state index contributed by atoms with van der Waals surface area (Å²) in [4.78, 5) is 10.5. The molecule has 2 N–H and O–H groups in total. The second-order valence-corrected chi connectivity index (χ2v) is 2.43. The molecule has 0 aromatic heterocycles. The van der Waals surface area contributed by atoms with Gasteiger partial charge in [-0.1, -0.05) is 0 Å². The number of phenols is 1. The van der Waals surface area contributed by atoms with Crippen LogP contribution < -0.4 is 4.74 Å². The second-order valence-electron chi connectivity index (χ2n) is 2.43. The molecule has 0 aliphatic rings. The number of carbonyl (C=O) groups is 1. The summed E-state index contributed by atoms with van der Waals surface area (Å²) >= 11 is 0. The first kappa shape index (κ1) is 9.86. The van der Waals surface area contributed by atoms with Crippen LogP contribution in [0.15, 0.2) is 18.2 Å². The number of aromatic carboxylic acids is 1. The van der Waals surface area contributed by atoms with Crippen molar-refractivity contribution in [3.8, 4) is 17.6 Å². The van der Waals surface area contributed by atoms with E-state index in [1.807, 2.05) is 0 Å². The molecule has 0 aliphatic carbocycles. The first-order chi connectivity index (χ1) is 6.65. The van der Waals surface area contributed by atoms with E-state index in [1.54, 1.807) is 6.07 Å². The van der Waals surface area contributed by atoms with Gasteiger partial charge in [0.05, 0.1) is 0 Å². The zero-order valence-corrected chi connectivity index (χ0v) is 7.10. The van der Waals surface area contributed by atoms with E-state index in [0.29, 0.717) is 0 Å². The number of rotatable bonds is 3. The van der Waals surface area contributed by atoms with Crippen LogP contribution in [0.2, 0.25) is 0 Å². The Hall–Kier alpha value is -2.22. The molecular formula is C9H7NO4. The second kappa shape index (κ2) is 4.14. The SMILES string of the molecule is N#CCOc1ccc(C(=O)O)c(O)c1. The van der Waals surface area contributed by atoms with Crippen LogP contribution in [0.4, 0.5) is 0 Å². The van der Waals surface area contributed by atoms with Gasteiger partial charge in [0.1, 0.15) is 23.1 Å². The maximum Gasteiger partial charge on any atom is 0.339 e. The minimum Gasteiger partial charge on any atom is -0.507 e. The van der Waals surface area contributed by atoms with E-state index >= 15 is 0 Å². The highest BCUT2D eigenvalue weighted by molar-refractivity contribution is 5.90. The molecule has 0 bridgehead atoms. The van der Waals surface area contributed by atoms with Crippen molar-refractivity contribution in [1.82, 2.24) is 0 Å². The molecule has 0 spiro atoms. The summed E-state index contributed by atoms with van der Waals surface area (Å²) in [6.07, 6.45) is 0. The van der Waals surface area contributed by atoms with Gasteiger partial charge >= 0.3 is 5.97 Å². The number of hydrogen-bond donors (Lipinski definition) is 2. The molecule has 0 saturated heterocycles. The molecule has 0 atom stereocenters. The monoisotopic (exact) mass is 193 g/mol. The number of ether oxygens (including phenoxy) is 1. The molecule has 1 aromatic rings. The number of nitrogens with zero attached hydrogens (tertiary/aromatic N) is 1. The van der Waals surface area contributed by atoms with Gasteiger partial charge in [-0.05, 0) is 12.1 Å². The summed E-state index contributed by atoms with van der Waals surface area (Å²) < 4.78 is 4.86. The van der Waals surface area contributed by atoms with Gasteiger partial charge in [-0.3, -0.25) is 0 Å². The third-order valence-corrected chi connectivity index (χ3v) is 1.50. The van der Waals surface area contributed by atoms with Gasteiger partial charge < -0.3 is 14.9 Å². The van der Waals surface area contributed by atoms with Crippen molar-refractivity contribution in [3.05, 3.63) is 23.8 Å². The van der Waals surface area contributed by atoms with Gasteiger partial charge in [0.25, 0.3) is 0 Å². The molecule has 0 aliphatic heterocycles. The van der Waals surface area contributed by atoms with Crippen molar-refractivity contribution in [2.24, 2.45) is 0 Å². The van der Waals surface area contributed by atoms with E-state index in [1.165, 1.54) is 12.1 Å². The van der Waals surface area contributed by atoms with E-state index in [-0.39, 0.29) is 23.7 Å². The highest BCUT2D eigenvalue weighted by Crippen LogP contribution is 2.23. The minimum absolute atomic E-state index is 0.147. The summed E-state index contributed by atoms with van der Waals surface area (Å²) in [7, 11) is 0. The highest BCUT2D eigenvalue weighted by atomic mass is 16.5. The van der Waals surface area contributed by atoms with Gasteiger partial charge in [-0.2, -0.15) is 5.26 Å². The van der Waals surface area contributed by atoms with Gasteiger partial charge in [0.15, 0.2) is 6.61 Å². The topological polar surface area (TPSA) is 90.5 Å². The minimum atomic E-state index is -1.21. The molecule has 0 radical (unpaired) electrons. The van der Waals surface area contributed by atoms with E-state index in [4.69, 9.17) is 15.1 Å². The average Bonchev–Trinajstić information content (AvgIpc) is 2.14. The first-order valence-electron chi connectivity index (χ1n) is 3.71. The predicted molar refractivity (Wildman–Crippen MR) is 46.2 cm³/mol. The summed E-state index contributed by atoms with van der Waals surface area (Å²) in [6, 6.07) is 5.49. The number of hydrogen-bond acceptors (Lipinski definition) is 4. The quantitative estimate of drug-likeness (QED) is 0.747. The predicted octanol–water partition coefficient (Wildman–Crippen LogP) is 0.993. The Morgan fingerprint density at radius 3 is 2.79 bits per heavy atom. The van der Waals surface area contributed by atoms with E-state index in [2.05, 4.69) is 0 Å². The van der Waals surface area contributed by atoms with Crippen LogP contribution in [0.5, 0.6) is 11.5 Å². The number of aromatic hydroxyl groups is 1. The number of carboxylic acid groups (broad SMARTS) is 1. The Balaban J connectivity index is 2.90. The lowest BCUT2D eigenvalue weighted by Crippen LogP contribution is -1.98. The zero-order chi connectivity index (χ0) is 10.6. The van der Waals surface area contributed by atoms with E-state index < -0.39 is 5.97 Å². The smallest absolute Gasteiger partial charge is 0.339 e. The van der Waals surface area contributed by atoms with Crippen molar-refractivity contribution in [3.63, 3.8) is 0 Å². The molecule has 14 heavy (non-hydrogen) atoms. The Morgan fingerprint density at radius 2 is 2.29 bits per heavy atom. The molecule has 5 nitrogen and oxygen atoms in total. The Kier molecular flexibility index (Phi) is 2.92. The Bertz CT molecular complexity index is 394. The van der Waals surface area contributed by atoms with Gasteiger partial charge in [0, 0.05) is 6.07 Å². The van der Waals surface area contributed by atoms with Crippen LogP contribution >= 0.6 is 0 Å². The van der Waals surface area contributed by atoms with Crippen LogP contribution in [0, 0.1) is 11.3 Å². The first-order valence-corrected chi connectivity index (χ1v) is 3.71. The van der Waals surface area contributed by atoms with Gasteiger partial charge in [-0.25, -0.2) is 4.79 Å². The molecule has 0 saturated carbocycles. The average molecular weight is 193 g/mol. The fourth-order valence-corrected chi connectivity index (χ4v) is 0.898. The van der Waals surface area contributed by atoms with Crippen LogP contribution in [-0.2, 0) is 0 Å². The Morgan fingerprint density at radius 1 is 1.57 bits per heavy atom. The molecule has 0 amide bonds. The molecule has 5 heteroatoms. The van der Waals surface area contributed by atoms with E-state index in [0.717, 1.165) is 6.07 Å². The summed E-state index contributed by atoms with van der Waals surface area (Å²) in [5.74, 6) is -1.34. The van der Waals surface area contributed by atoms with Crippen molar-refractivity contribution < 1.29 is 19.7 Å². The van der Waals surface area contributed by atoms with Crippen LogP contribution in [0.1, 0.15) is 10.4 Å². The fraction of sp³-hybridized carbons (Fsp3) is 0.111. The standard InChI is InChI=1S/C9H7NO4/c10-3-4-14-6-1-2-7(9(12)13)8(11)5-6/h1-2,5,11H,4H2,(H,12,13). The molecule has 0 fully saturated rings. The molecule has 0 unspecified atom stereocenters. The van der Waals surface area contributed by atoms with Gasteiger partial charge in [0.2, 0.25) is 0 Å². The maximum absolute atomic E-state index is 10.5. The third kappa shape index (κ3) is 2.14. The number of benzene rings is 1.